The van der Waals surface area contributed by atoms with Crippen LogP contribution in [-0.4, -0.2) is 27.0 Å². The number of esters is 1. The van der Waals surface area contributed by atoms with E-state index in [0.717, 1.165) is 0 Å². The van der Waals surface area contributed by atoms with Crippen LogP contribution in [0.4, 0.5) is 0 Å². The van der Waals surface area contributed by atoms with Crippen LogP contribution in [0.5, 0.6) is 11.5 Å². The Kier molecular flexibility index (Phi) is 4.31. The number of nitrogens with one attached hydrogen (secondary N) is 1. The predicted molar refractivity (Wildman–Crippen MR) is 82.6 cm³/mol. The summed E-state index contributed by atoms with van der Waals surface area (Å²) >= 11 is 0. The average Bonchev–Trinajstić information content (AvgIpc) is 2.93. The lowest BCUT2D eigenvalue weighted by molar-refractivity contribution is -0.139. The molecule has 0 bridgehead atoms. The van der Waals surface area contributed by atoms with Crippen molar-refractivity contribution in [2.45, 2.75) is 17.4 Å². The molecule has 3 rings (SSSR count). The zero-order valence-corrected chi connectivity index (χ0v) is 13.0. The van der Waals surface area contributed by atoms with Gasteiger partial charge in [0.2, 0.25) is 10.0 Å². The molecule has 2 aromatic rings. The van der Waals surface area contributed by atoms with E-state index in [1.54, 1.807) is 24.3 Å². The number of carbonyl (C=O) groups excluding carboxylic acids is 1. The molecule has 0 aliphatic carbocycles. The summed E-state index contributed by atoms with van der Waals surface area (Å²) in [6.45, 7) is 0.232. The van der Waals surface area contributed by atoms with E-state index in [1.165, 1.54) is 12.1 Å². The normalized spacial score (nSPS) is 17.7. The molecule has 120 valence electrons. The fraction of sp³-hybridized carbons (Fsp3) is 0.188. The SMILES string of the molecule is O=C1OCCC1NS(=O)(=O)c1ccc(Oc2ccccc2)cc1. The summed E-state index contributed by atoms with van der Waals surface area (Å²) < 4.78 is 37.2. The van der Waals surface area contributed by atoms with Crippen LogP contribution in [0, 0.1) is 0 Å². The highest BCUT2D eigenvalue weighted by atomic mass is 32.2. The third-order valence-corrected chi connectivity index (χ3v) is 4.83. The number of sulfonamides is 1. The Morgan fingerprint density at radius 2 is 1.65 bits per heavy atom. The largest absolute Gasteiger partial charge is 0.464 e. The van der Waals surface area contributed by atoms with E-state index in [9.17, 15) is 13.2 Å². The summed E-state index contributed by atoms with van der Waals surface area (Å²) in [6, 6.07) is 14.3. The van der Waals surface area contributed by atoms with Crippen LogP contribution in [0.2, 0.25) is 0 Å². The number of hydrogen-bond donors (Lipinski definition) is 1. The van der Waals surface area contributed by atoms with Crippen molar-refractivity contribution < 1.29 is 22.7 Å². The van der Waals surface area contributed by atoms with E-state index in [1.807, 2.05) is 18.2 Å². The predicted octanol–water partition coefficient (Wildman–Crippen LogP) is 2.07. The number of carbonyl (C=O) groups is 1. The van der Waals surface area contributed by atoms with E-state index in [2.05, 4.69) is 4.72 Å². The molecule has 1 aliphatic rings. The van der Waals surface area contributed by atoms with Crippen LogP contribution in [0.1, 0.15) is 6.42 Å². The molecule has 0 spiro atoms. The van der Waals surface area contributed by atoms with Crippen LogP contribution in [0.3, 0.4) is 0 Å². The second-order valence-corrected chi connectivity index (χ2v) is 6.73. The van der Waals surface area contributed by atoms with Gasteiger partial charge in [-0.15, -0.1) is 0 Å². The number of para-hydroxylation sites is 1. The lowest BCUT2D eigenvalue weighted by Crippen LogP contribution is -2.37. The van der Waals surface area contributed by atoms with Crippen molar-refractivity contribution in [3.05, 3.63) is 54.6 Å². The molecule has 1 heterocycles. The van der Waals surface area contributed by atoms with Gasteiger partial charge in [-0.2, -0.15) is 4.72 Å². The van der Waals surface area contributed by atoms with Crippen LogP contribution >= 0.6 is 0 Å². The zero-order chi connectivity index (χ0) is 16.3. The van der Waals surface area contributed by atoms with Crippen molar-refractivity contribution in [1.29, 1.82) is 0 Å². The van der Waals surface area contributed by atoms with Crippen molar-refractivity contribution in [3.8, 4) is 11.5 Å². The third kappa shape index (κ3) is 3.69. The Labute approximate surface area is 134 Å². The zero-order valence-electron chi connectivity index (χ0n) is 12.1. The van der Waals surface area contributed by atoms with Gasteiger partial charge >= 0.3 is 5.97 Å². The highest BCUT2D eigenvalue weighted by Crippen LogP contribution is 2.23. The smallest absolute Gasteiger partial charge is 0.324 e. The molecule has 1 aliphatic heterocycles. The van der Waals surface area contributed by atoms with Gasteiger partial charge in [-0.1, -0.05) is 18.2 Å². The quantitative estimate of drug-likeness (QED) is 0.847. The van der Waals surface area contributed by atoms with Crippen LogP contribution in [-0.2, 0) is 19.6 Å². The monoisotopic (exact) mass is 333 g/mol. The van der Waals surface area contributed by atoms with Crippen molar-refractivity contribution >= 4 is 16.0 Å². The molecule has 2 aromatic carbocycles. The Balaban J connectivity index is 1.72. The van der Waals surface area contributed by atoms with Gasteiger partial charge in [0.1, 0.15) is 17.5 Å². The molecule has 0 saturated carbocycles. The van der Waals surface area contributed by atoms with Crippen molar-refractivity contribution in [3.63, 3.8) is 0 Å². The Morgan fingerprint density at radius 3 is 2.26 bits per heavy atom. The first-order valence-corrected chi connectivity index (χ1v) is 8.55. The number of cyclic esters (lactones) is 1. The van der Waals surface area contributed by atoms with Gasteiger partial charge in [0.15, 0.2) is 0 Å². The van der Waals surface area contributed by atoms with Gasteiger partial charge in [-0.05, 0) is 36.4 Å². The molecule has 1 unspecified atom stereocenters. The van der Waals surface area contributed by atoms with Crippen molar-refractivity contribution in [2.75, 3.05) is 6.61 Å². The van der Waals surface area contributed by atoms with E-state index >= 15 is 0 Å². The van der Waals surface area contributed by atoms with Crippen molar-refractivity contribution in [2.24, 2.45) is 0 Å². The van der Waals surface area contributed by atoms with Gasteiger partial charge in [0.25, 0.3) is 0 Å². The maximum atomic E-state index is 12.2. The minimum atomic E-state index is -3.77. The standard InChI is InChI=1S/C16H15NO5S/c18-16-15(10-11-21-16)17-23(19,20)14-8-6-13(7-9-14)22-12-4-2-1-3-5-12/h1-9,15,17H,10-11H2. The van der Waals surface area contributed by atoms with Gasteiger partial charge in [-0.3, -0.25) is 4.79 Å². The average molecular weight is 333 g/mol. The molecule has 0 amide bonds. The lowest BCUT2D eigenvalue weighted by Gasteiger charge is -2.11. The first-order chi connectivity index (χ1) is 11.0. The van der Waals surface area contributed by atoms with E-state index < -0.39 is 22.0 Å². The molecular weight excluding hydrogens is 318 g/mol. The summed E-state index contributed by atoms with van der Waals surface area (Å²) in [5.41, 5.74) is 0. The molecular formula is C16H15NO5S. The molecule has 1 atom stereocenters. The molecule has 0 radical (unpaired) electrons. The lowest BCUT2D eigenvalue weighted by atomic mass is 10.3. The van der Waals surface area contributed by atoms with Crippen LogP contribution in [0.15, 0.2) is 59.5 Å². The number of ether oxygens (including phenoxy) is 2. The number of benzene rings is 2. The minimum Gasteiger partial charge on any atom is -0.464 e. The molecule has 6 nitrogen and oxygen atoms in total. The fourth-order valence-corrected chi connectivity index (χ4v) is 3.39. The first kappa shape index (κ1) is 15.5. The number of hydrogen-bond acceptors (Lipinski definition) is 5. The Bertz CT molecular complexity index is 787. The molecule has 7 heteroatoms. The second-order valence-electron chi connectivity index (χ2n) is 5.02. The maximum Gasteiger partial charge on any atom is 0.324 e. The number of rotatable bonds is 5. The van der Waals surface area contributed by atoms with Crippen LogP contribution in [0.25, 0.3) is 0 Å². The third-order valence-electron chi connectivity index (χ3n) is 3.35. The summed E-state index contributed by atoms with van der Waals surface area (Å²) in [6.07, 6.45) is 0.341. The molecule has 1 N–H and O–H groups in total. The molecule has 0 aromatic heterocycles. The second kappa shape index (κ2) is 6.39. The molecule has 23 heavy (non-hydrogen) atoms. The Hall–Kier alpha value is -2.38. The van der Waals surface area contributed by atoms with Gasteiger partial charge in [-0.25, -0.2) is 8.42 Å². The summed E-state index contributed by atoms with van der Waals surface area (Å²) in [5.74, 6) is 0.642. The van der Waals surface area contributed by atoms with Gasteiger partial charge in [0, 0.05) is 6.42 Å². The molecule has 1 saturated heterocycles. The minimum absolute atomic E-state index is 0.0672. The maximum absolute atomic E-state index is 12.2. The first-order valence-electron chi connectivity index (χ1n) is 7.06. The van der Waals surface area contributed by atoms with E-state index in [4.69, 9.17) is 9.47 Å². The molecule has 1 fully saturated rings. The fourth-order valence-electron chi connectivity index (χ4n) is 2.17. The van der Waals surface area contributed by atoms with Gasteiger partial charge < -0.3 is 9.47 Å². The van der Waals surface area contributed by atoms with E-state index in [-0.39, 0.29) is 11.5 Å². The topological polar surface area (TPSA) is 81.7 Å². The summed E-state index contributed by atoms with van der Waals surface area (Å²) in [4.78, 5) is 11.4. The summed E-state index contributed by atoms with van der Waals surface area (Å²) in [7, 11) is -3.77. The highest BCUT2D eigenvalue weighted by molar-refractivity contribution is 7.89. The van der Waals surface area contributed by atoms with E-state index in [0.29, 0.717) is 17.9 Å². The van der Waals surface area contributed by atoms with Crippen molar-refractivity contribution in [1.82, 2.24) is 4.72 Å². The van der Waals surface area contributed by atoms with Crippen LogP contribution < -0.4 is 9.46 Å². The Morgan fingerprint density at radius 1 is 1.00 bits per heavy atom. The van der Waals surface area contributed by atoms with Gasteiger partial charge in [0.05, 0.1) is 11.5 Å². The summed E-state index contributed by atoms with van der Waals surface area (Å²) in [5, 5.41) is 0. The highest BCUT2D eigenvalue weighted by Gasteiger charge is 2.31.